The first-order chi connectivity index (χ1) is 8.02. The molecule has 0 aromatic carbocycles. The Morgan fingerprint density at radius 2 is 2.00 bits per heavy atom. The number of hydrogen-bond acceptors (Lipinski definition) is 3. The van der Waals surface area contributed by atoms with Gasteiger partial charge in [0.2, 0.25) is 0 Å². The largest absolute Gasteiger partial charge is 2.00 e. The average Bonchev–Trinajstić information content (AvgIpc) is 2.26. The standard InChI is InChI=1S/C13H20BrO3.CH3.U/c1-5-16-13(15)12(10(2)3)7-6-11(4)17-9-8-14;;/h6,10,12H,4-5,8-9H2,1-3H3;1H3;/q2*-1;+2. The van der Waals surface area contributed by atoms with Gasteiger partial charge in [0, 0.05) is 11.2 Å². The van der Waals surface area contributed by atoms with Crippen LogP contribution in [0.25, 0.3) is 0 Å². The maximum absolute atomic E-state index is 11.6. The zero-order valence-electron chi connectivity index (χ0n) is 12.2. The number of esters is 1. The van der Waals surface area contributed by atoms with Crippen molar-refractivity contribution in [1.82, 2.24) is 0 Å². The third-order valence-electron chi connectivity index (χ3n) is 2.00. The topological polar surface area (TPSA) is 35.5 Å². The Hall–Kier alpha value is 0.282. The molecule has 0 fully saturated rings. The third-order valence-corrected chi connectivity index (χ3v) is 2.32. The van der Waals surface area contributed by atoms with E-state index >= 15 is 0 Å². The summed E-state index contributed by atoms with van der Waals surface area (Å²) in [4.78, 5) is 11.6. The predicted octanol–water partition coefficient (Wildman–Crippen LogP) is 3.56. The molecule has 0 saturated carbocycles. The third kappa shape index (κ3) is 11.8. The molecule has 0 aliphatic heterocycles. The number of halogens is 1. The molecule has 0 rings (SSSR count). The van der Waals surface area contributed by atoms with E-state index in [2.05, 4.69) is 28.6 Å². The fraction of sp³-hybridized carbons (Fsp3) is 0.571. The van der Waals surface area contributed by atoms with Crippen molar-refractivity contribution in [1.29, 1.82) is 0 Å². The van der Waals surface area contributed by atoms with E-state index in [0.717, 1.165) is 5.33 Å². The van der Waals surface area contributed by atoms with Crippen LogP contribution in [0.4, 0.5) is 0 Å². The monoisotopic (exact) mass is 556 g/mol. The van der Waals surface area contributed by atoms with E-state index in [9.17, 15) is 4.79 Å². The smallest absolute Gasteiger partial charge is 0.579 e. The Morgan fingerprint density at radius 3 is 2.42 bits per heavy atom. The molecule has 0 aromatic rings. The van der Waals surface area contributed by atoms with Crippen molar-refractivity contribution >= 4 is 21.9 Å². The average molecular weight is 557 g/mol. The number of rotatable bonds is 8. The van der Waals surface area contributed by atoms with Gasteiger partial charge in [-0.05, 0) is 18.6 Å². The van der Waals surface area contributed by atoms with Gasteiger partial charge in [-0.3, -0.25) is 10.9 Å². The van der Waals surface area contributed by atoms with Gasteiger partial charge in [-0.15, -0.1) is 6.58 Å². The van der Waals surface area contributed by atoms with Crippen LogP contribution in [0.2, 0.25) is 0 Å². The number of allylic oxidation sites excluding steroid dienone is 1. The fourth-order valence-electron chi connectivity index (χ4n) is 1.16. The molecule has 0 radical (unpaired) electrons. The summed E-state index contributed by atoms with van der Waals surface area (Å²) >= 11 is 3.25. The molecule has 0 bridgehead atoms. The maximum Gasteiger partial charge on any atom is 2.00 e. The van der Waals surface area contributed by atoms with E-state index in [4.69, 9.17) is 9.47 Å². The first-order valence-electron chi connectivity index (χ1n) is 5.66. The minimum atomic E-state index is -0.376. The molecule has 0 N–H and O–H groups in total. The van der Waals surface area contributed by atoms with Crippen LogP contribution in [0.1, 0.15) is 20.8 Å². The molecule has 1 unspecified atom stereocenters. The minimum Gasteiger partial charge on any atom is -0.579 e. The maximum atomic E-state index is 11.6. The number of alkyl halides is 1. The van der Waals surface area contributed by atoms with Crippen molar-refractivity contribution in [3.63, 3.8) is 0 Å². The van der Waals surface area contributed by atoms with Gasteiger partial charge in [-0.2, -0.15) is 6.08 Å². The molecule has 3 nitrogen and oxygen atoms in total. The van der Waals surface area contributed by atoms with Gasteiger partial charge in [-0.1, -0.05) is 29.8 Å². The summed E-state index contributed by atoms with van der Waals surface area (Å²) in [5.74, 6) is -0.0000135. The van der Waals surface area contributed by atoms with E-state index in [0.29, 0.717) is 19.0 Å². The minimum absolute atomic E-state index is 0. The Labute approximate surface area is 149 Å². The van der Waals surface area contributed by atoms with Crippen LogP contribution in [-0.4, -0.2) is 24.5 Å². The molecule has 0 aliphatic carbocycles. The summed E-state index contributed by atoms with van der Waals surface area (Å²) in [6.07, 6.45) is 4.57. The summed E-state index contributed by atoms with van der Waals surface area (Å²) in [5.41, 5.74) is 0. The van der Waals surface area contributed by atoms with Crippen molar-refractivity contribution in [2.75, 3.05) is 18.5 Å². The van der Waals surface area contributed by atoms with Crippen LogP contribution >= 0.6 is 15.9 Å². The SMILES string of the molecule is C=C(C=[C-]C(C(=O)OCC)C(C)C)OCCBr.[CH3-].[U+2]. The Bertz CT molecular complexity index is 278. The van der Waals surface area contributed by atoms with E-state index in [1.165, 1.54) is 0 Å². The van der Waals surface area contributed by atoms with Crippen molar-refractivity contribution in [2.24, 2.45) is 11.8 Å². The molecule has 5 heteroatoms. The zero-order chi connectivity index (χ0) is 13.3. The second kappa shape index (κ2) is 14.7. The first kappa shape index (κ1) is 24.3. The van der Waals surface area contributed by atoms with E-state index in [-0.39, 0.29) is 56.3 Å². The molecule has 19 heavy (non-hydrogen) atoms. The van der Waals surface area contributed by atoms with E-state index in [1.54, 1.807) is 13.0 Å². The molecule has 1 atom stereocenters. The van der Waals surface area contributed by atoms with E-state index < -0.39 is 0 Å². The summed E-state index contributed by atoms with van der Waals surface area (Å²) < 4.78 is 10.2. The molecule has 0 amide bonds. The molecule has 108 valence electrons. The van der Waals surface area contributed by atoms with Gasteiger partial charge < -0.3 is 16.9 Å². The van der Waals surface area contributed by atoms with Crippen molar-refractivity contribution in [3.8, 4) is 0 Å². The second-order valence-corrected chi connectivity index (χ2v) is 4.58. The molecule has 0 saturated heterocycles. The van der Waals surface area contributed by atoms with Crippen LogP contribution in [-0.2, 0) is 14.3 Å². The zero-order valence-corrected chi connectivity index (χ0v) is 17.9. The first-order valence-corrected chi connectivity index (χ1v) is 6.78. The molecular weight excluding hydrogens is 534 g/mol. The van der Waals surface area contributed by atoms with Crippen LogP contribution in [0.3, 0.4) is 0 Å². The van der Waals surface area contributed by atoms with Crippen LogP contribution < -0.4 is 0 Å². The summed E-state index contributed by atoms with van der Waals surface area (Å²) in [6, 6.07) is 0. The Kier molecular flexibility index (Phi) is 18.8. The van der Waals surface area contributed by atoms with Crippen molar-refractivity contribution in [3.05, 3.63) is 31.9 Å². The summed E-state index contributed by atoms with van der Waals surface area (Å²) in [6.45, 7) is 10.3. The normalized spacial score (nSPS) is 11.4. The van der Waals surface area contributed by atoms with E-state index in [1.807, 2.05) is 13.8 Å². The van der Waals surface area contributed by atoms with Crippen LogP contribution in [0, 0.1) is 56.5 Å². The van der Waals surface area contributed by atoms with Crippen LogP contribution in [0.5, 0.6) is 0 Å². The number of ether oxygens (including phenoxy) is 2. The fourth-order valence-corrected chi connectivity index (χ4v) is 1.32. The van der Waals surface area contributed by atoms with Gasteiger partial charge in [-0.25, -0.2) is 0 Å². The number of carbonyl (C=O) groups excluding carboxylic acids is 1. The Morgan fingerprint density at radius 1 is 1.42 bits per heavy atom. The molecule has 0 spiro atoms. The number of hydrogen-bond donors (Lipinski definition) is 0. The van der Waals surface area contributed by atoms with Gasteiger partial charge in [0.1, 0.15) is 0 Å². The van der Waals surface area contributed by atoms with Gasteiger partial charge in [0.05, 0.1) is 13.2 Å². The van der Waals surface area contributed by atoms with Crippen molar-refractivity contribution in [2.45, 2.75) is 20.8 Å². The number of carbonyl (C=O) groups is 1. The summed E-state index contributed by atoms with van der Waals surface area (Å²) in [7, 11) is 0. The molecule has 0 aliphatic rings. The summed E-state index contributed by atoms with van der Waals surface area (Å²) in [5, 5.41) is 0.741. The van der Waals surface area contributed by atoms with Crippen LogP contribution in [0.15, 0.2) is 18.4 Å². The quantitative estimate of drug-likeness (QED) is 0.151. The van der Waals surface area contributed by atoms with Crippen molar-refractivity contribution < 1.29 is 45.4 Å². The second-order valence-electron chi connectivity index (χ2n) is 3.79. The molecular formula is C14H23BrO3U. The molecule has 0 heterocycles. The van der Waals surface area contributed by atoms with Gasteiger partial charge >= 0.3 is 31.1 Å². The van der Waals surface area contributed by atoms with Gasteiger partial charge in [0.25, 0.3) is 5.97 Å². The molecule has 0 aromatic heterocycles. The predicted molar refractivity (Wildman–Crippen MR) is 78.1 cm³/mol. The van der Waals surface area contributed by atoms with Gasteiger partial charge in [0.15, 0.2) is 0 Å². The Balaban J connectivity index is -0.00000128.